The van der Waals surface area contributed by atoms with Crippen molar-refractivity contribution < 1.29 is 18.3 Å². The number of nitriles is 1. The van der Waals surface area contributed by atoms with Gasteiger partial charge in [-0.2, -0.15) is 5.26 Å². The van der Waals surface area contributed by atoms with Crippen molar-refractivity contribution in [2.75, 3.05) is 7.11 Å². The minimum absolute atomic E-state index is 0.0310. The average molecular weight is 260 g/mol. The minimum atomic E-state index is -2.79. The van der Waals surface area contributed by atoms with E-state index in [0.29, 0.717) is 0 Å². The van der Waals surface area contributed by atoms with Gasteiger partial charge in [-0.05, 0) is 11.6 Å². The summed E-state index contributed by atoms with van der Waals surface area (Å²) in [6, 6.07) is 3.86. The molecule has 0 amide bonds. The largest absolute Gasteiger partial charge is 0.465 e. The van der Waals surface area contributed by atoms with Crippen LogP contribution in [0.1, 0.15) is 33.5 Å². The first-order valence-electron chi connectivity index (χ1n) is 4.55. The SMILES string of the molecule is COC(=O)c1ccc(C(F)F)c(C#N)c1CCl. The van der Waals surface area contributed by atoms with Gasteiger partial charge in [0.05, 0.1) is 24.3 Å². The molecule has 0 aliphatic rings. The Bertz CT molecular complexity index is 483. The fraction of sp³-hybridized carbons (Fsp3) is 0.273. The van der Waals surface area contributed by atoms with E-state index in [-0.39, 0.29) is 22.6 Å². The van der Waals surface area contributed by atoms with E-state index in [9.17, 15) is 13.6 Å². The van der Waals surface area contributed by atoms with Gasteiger partial charge in [-0.3, -0.25) is 0 Å². The highest BCUT2D eigenvalue weighted by Gasteiger charge is 2.21. The fourth-order valence-electron chi connectivity index (χ4n) is 1.42. The van der Waals surface area contributed by atoms with E-state index < -0.39 is 18.0 Å². The average Bonchev–Trinajstić information content (AvgIpc) is 2.35. The molecule has 90 valence electrons. The van der Waals surface area contributed by atoms with Crippen LogP contribution in [0.25, 0.3) is 0 Å². The number of methoxy groups -OCH3 is 1. The molecule has 0 saturated carbocycles. The van der Waals surface area contributed by atoms with Crippen LogP contribution in [0.3, 0.4) is 0 Å². The van der Waals surface area contributed by atoms with E-state index in [1.54, 1.807) is 6.07 Å². The van der Waals surface area contributed by atoms with Crippen LogP contribution >= 0.6 is 11.6 Å². The van der Waals surface area contributed by atoms with Crippen molar-refractivity contribution in [2.45, 2.75) is 12.3 Å². The molecular weight excluding hydrogens is 252 g/mol. The highest BCUT2D eigenvalue weighted by Crippen LogP contribution is 2.28. The number of nitrogens with zero attached hydrogens (tertiary/aromatic N) is 1. The molecule has 0 fully saturated rings. The maximum Gasteiger partial charge on any atom is 0.338 e. The molecule has 0 atom stereocenters. The van der Waals surface area contributed by atoms with Gasteiger partial charge in [0.2, 0.25) is 0 Å². The summed E-state index contributed by atoms with van der Waals surface area (Å²) in [6.07, 6.45) is -2.79. The van der Waals surface area contributed by atoms with Crippen LogP contribution in [0.4, 0.5) is 8.78 Å². The zero-order chi connectivity index (χ0) is 13.0. The van der Waals surface area contributed by atoms with Crippen LogP contribution < -0.4 is 0 Å². The molecule has 0 saturated heterocycles. The molecule has 0 aliphatic carbocycles. The van der Waals surface area contributed by atoms with Crippen LogP contribution in [0.15, 0.2) is 12.1 Å². The number of carbonyl (C=O) groups excluding carboxylic acids is 1. The van der Waals surface area contributed by atoms with Crippen LogP contribution in [0, 0.1) is 11.3 Å². The molecule has 0 aromatic heterocycles. The molecule has 3 nitrogen and oxygen atoms in total. The Morgan fingerprint density at radius 2 is 2.24 bits per heavy atom. The van der Waals surface area contributed by atoms with Crippen molar-refractivity contribution >= 4 is 17.6 Å². The molecule has 17 heavy (non-hydrogen) atoms. The highest BCUT2D eigenvalue weighted by molar-refractivity contribution is 6.18. The standard InChI is InChI=1S/C11H8ClF2NO2/c1-17-11(16)7-3-2-6(10(13)14)9(5-15)8(7)4-12/h2-3,10H,4H2,1H3. The van der Waals surface area contributed by atoms with E-state index in [2.05, 4.69) is 4.74 Å². The van der Waals surface area contributed by atoms with Crippen LogP contribution in [0.5, 0.6) is 0 Å². The summed E-state index contributed by atoms with van der Waals surface area (Å²) in [7, 11) is 1.16. The summed E-state index contributed by atoms with van der Waals surface area (Å²) in [5.74, 6) is -0.925. The topological polar surface area (TPSA) is 50.1 Å². The first-order valence-corrected chi connectivity index (χ1v) is 5.08. The maximum absolute atomic E-state index is 12.6. The smallest absolute Gasteiger partial charge is 0.338 e. The van der Waals surface area contributed by atoms with Crippen molar-refractivity contribution in [3.8, 4) is 6.07 Å². The summed E-state index contributed by atoms with van der Waals surface area (Å²) in [4.78, 5) is 11.4. The fourth-order valence-corrected chi connectivity index (χ4v) is 1.70. The third-order valence-electron chi connectivity index (χ3n) is 2.23. The highest BCUT2D eigenvalue weighted by atomic mass is 35.5. The lowest BCUT2D eigenvalue weighted by Crippen LogP contribution is -2.08. The van der Waals surface area contributed by atoms with Gasteiger partial charge in [-0.15, -0.1) is 11.6 Å². The van der Waals surface area contributed by atoms with E-state index in [1.165, 1.54) is 6.07 Å². The second kappa shape index (κ2) is 5.60. The van der Waals surface area contributed by atoms with E-state index >= 15 is 0 Å². The quantitative estimate of drug-likeness (QED) is 0.619. The van der Waals surface area contributed by atoms with Crippen molar-refractivity contribution in [3.63, 3.8) is 0 Å². The number of ether oxygens (including phenoxy) is 1. The van der Waals surface area contributed by atoms with Gasteiger partial charge >= 0.3 is 5.97 Å². The number of benzene rings is 1. The second-order valence-electron chi connectivity index (χ2n) is 3.09. The van der Waals surface area contributed by atoms with Gasteiger partial charge < -0.3 is 4.74 Å². The molecule has 0 radical (unpaired) electrons. The first-order chi connectivity index (χ1) is 8.06. The first kappa shape index (κ1) is 13.4. The lowest BCUT2D eigenvalue weighted by Gasteiger charge is -2.11. The van der Waals surface area contributed by atoms with Gasteiger partial charge in [0.1, 0.15) is 0 Å². The van der Waals surface area contributed by atoms with E-state index in [0.717, 1.165) is 13.2 Å². The Labute approximate surface area is 102 Å². The van der Waals surface area contributed by atoms with Crippen molar-refractivity contribution in [1.82, 2.24) is 0 Å². The number of rotatable bonds is 3. The van der Waals surface area contributed by atoms with Crippen molar-refractivity contribution in [3.05, 3.63) is 34.4 Å². The number of halogens is 3. The van der Waals surface area contributed by atoms with E-state index in [1.807, 2.05) is 0 Å². The van der Waals surface area contributed by atoms with Gasteiger partial charge in [0.25, 0.3) is 6.43 Å². The number of hydrogen-bond acceptors (Lipinski definition) is 3. The maximum atomic E-state index is 12.6. The van der Waals surface area contributed by atoms with Crippen molar-refractivity contribution in [2.24, 2.45) is 0 Å². The Morgan fingerprint density at radius 3 is 2.65 bits per heavy atom. The van der Waals surface area contributed by atoms with E-state index in [4.69, 9.17) is 16.9 Å². The Morgan fingerprint density at radius 1 is 1.59 bits per heavy atom. The summed E-state index contributed by atoms with van der Waals surface area (Å²) >= 11 is 5.59. The predicted molar refractivity (Wildman–Crippen MR) is 57.0 cm³/mol. The summed E-state index contributed by atoms with van der Waals surface area (Å²) in [5.41, 5.74) is -0.601. The van der Waals surface area contributed by atoms with Crippen LogP contribution in [0.2, 0.25) is 0 Å². The third kappa shape index (κ3) is 2.53. The second-order valence-corrected chi connectivity index (χ2v) is 3.36. The molecule has 0 aliphatic heterocycles. The monoisotopic (exact) mass is 259 g/mol. The van der Waals surface area contributed by atoms with Crippen LogP contribution in [-0.4, -0.2) is 13.1 Å². The summed E-state index contributed by atoms with van der Waals surface area (Å²) in [5, 5.41) is 8.86. The van der Waals surface area contributed by atoms with Crippen molar-refractivity contribution in [1.29, 1.82) is 5.26 Å². The molecular formula is C11H8ClF2NO2. The predicted octanol–water partition coefficient (Wildman–Crippen LogP) is 3.02. The Kier molecular flexibility index (Phi) is 4.41. The Balaban J connectivity index is 3.50. The lowest BCUT2D eigenvalue weighted by molar-refractivity contribution is 0.0599. The minimum Gasteiger partial charge on any atom is -0.465 e. The zero-order valence-electron chi connectivity index (χ0n) is 8.84. The van der Waals surface area contributed by atoms with Gasteiger partial charge in [-0.1, -0.05) is 6.07 Å². The molecule has 0 heterocycles. The molecule has 1 rings (SSSR count). The number of esters is 1. The number of carbonyl (C=O) groups is 1. The number of hydrogen-bond donors (Lipinski definition) is 0. The molecule has 0 bridgehead atoms. The molecule has 0 N–H and O–H groups in total. The third-order valence-corrected chi connectivity index (χ3v) is 2.50. The summed E-state index contributed by atoms with van der Waals surface area (Å²) in [6.45, 7) is 0. The normalized spacial score (nSPS) is 10.1. The molecule has 0 spiro atoms. The van der Waals surface area contributed by atoms with Gasteiger partial charge in [-0.25, -0.2) is 13.6 Å². The number of alkyl halides is 3. The molecule has 0 unspecified atom stereocenters. The molecule has 1 aromatic rings. The lowest BCUT2D eigenvalue weighted by atomic mass is 9.98. The van der Waals surface area contributed by atoms with Crippen LogP contribution in [-0.2, 0) is 10.6 Å². The molecule has 6 heteroatoms. The van der Waals surface area contributed by atoms with Gasteiger partial charge in [0.15, 0.2) is 0 Å². The molecule has 1 aromatic carbocycles. The zero-order valence-corrected chi connectivity index (χ0v) is 9.59. The van der Waals surface area contributed by atoms with Gasteiger partial charge in [0, 0.05) is 11.4 Å². The Hall–Kier alpha value is -1.67. The summed E-state index contributed by atoms with van der Waals surface area (Å²) < 4.78 is 29.8.